The molecule has 41 heavy (non-hydrogen) atoms. The van der Waals surface area contributed by atoms with Gasteiger partial charge in [-0.2, -0.15) is 22.0 Å². The standard InChI is InChI=1S/C27H29F5N8O/c1-14(2)40-12-19(27(30,31)32)38-24(40)16-6-7-20(34-10-16)39-9-8-18(37-26(28)29)17(11-39)22(33)21-23(15-4-5-15)35-13-36-25(21)41-3/h6-7,10,12-15,26H,4-5,8-9,11,33H2,1-3H3. The monoisotopic (exact) mass is 576 g/mol. The molecule has 2 aliphatic rings. The zero-order chi connectivity index (χ0) is 29.5. The predicted molar refractivity (Wildman–Crippen MR) is 143 cm³/mol. The third-order valence-electron chi connectivity index (χ3n) is 7.07. The Kier molecular flexibility index (Phi) is 7.66. The number of nitrogens with two attached hydrogens (primary N) is 1. The molecule has 0 spiro atoms. The number of halogens is 5. The fraction of sp³-hybridized carbons (Fsp3) is 0.444. The van der Waals surface area contributed by atoms with Gasteiger partial charge in [-0.1, -0.05) is 0 Å². The molecule has 1 aliphatic carbocycles. The lowest BCUT2D eigenvalue weighted by Crippen LogP contribution is -2.38. The van der Waals surface area contributed by atoms with Crippen molar-refractivity contribution in [1.82, 2.24) is 24.5 Å². The summed E-state index contributed by atoms with van der Waals surface area (Å²) in [6.07, 6.45) is 1.27. The van der Waals surface area contributed by atoms with E-state index in [9.17, 15) is 22.0 Å². The van der Waals surface area contributed by atoms with Gasteiger partial charge in [-0.15, -0.1) is 0 Å². The Morgan fingerprint density at radius 1 is 1.15 bits per heavy atom. The number of hydrogen-bond acceptors (Lipinski definition) is 8. The van der Waals surface area contributed by atoms with E-state index in [1.165, 1.54) is 24.2 Å². The number of hydrogen-bond donors (Lipinski definition) is 1. The number of alkyl halides is 5. The molecule has 5 rings (SSSR count). The first-order valence-corrected chi connectivity index (χ1v) is 13.1. The maximum Gasteiger partial charge on any atom is 0.434 e. The first-order valence-electron chi connectivity index (χ1n) is 13.1. The van der Waals surface area contributed by atoms with Gasteiger partial charge in [0.2, 0.25) is 5.88 Å². The van der Waals surface area contributed by atoms with E-state index in [1.807, 2.05) is 4.90 Å². The number of piperidine rings is 1. The molecule has 1 saturated heterocycles. The molecule has 0 aromatic carbocycles. The van der Waals surface area contributed by atoms with Gasteiger partial charge in [-0.05, 0) is 38.8 Å². The number of nitrogens with zero attached hydrogens (tertiary/aromatic N) is 7. The van der Waals surface area contributed by atoms with Crippen LogP contribution in [0, 0.1) is 0 Å². The van der Waals surface area contributed by atoms with E-state index in [4.69, 9.17) is 10.5 Å². The number of anilines is 1. The molecule has 9 nitrogen and oxygen atoms in total. The highest BCUT2D eigenvalue weighted by molar-refractivity contribution is 6.08. The van der Waals surface area contributed by atoms with Crippen LogP contribution in [0.3, 0.4) is 0 Å². The maximum absolute atomic E-state index is 13.4. The molecular weight excluding hydrogens is 547 g/mol. The van der Waals surface area contributed by atoms with Gasteiger partial charge in [0, 0.05) is 60.7 Å². The fourth-order valence-corrected chi connectivity index (χ4v) is 4.90. The van der Waals surface area contributed by atoms with Crippen LogP contribution in [-0.2, 0) is 6.18 Å². The lowest BCUT2D eigenvalue weighted by atomic mass is 9.95. The van der Waals surface area contributed by atoms with Crippen molar-refractivity contribution in [2.45, 2.75) is 57.8 Å². The number of aliphatic imine (C=N–C) groups is 1. The second-order valence-corrected chi connectivity index (χ2v) is 10.2. The number of methoxy groups -OCH3 is 1. The van der Waals surface area contributed by atoms with Crippen LogP contribution >= 0.6 is 0 Å². The third-order valence-corrected chi connectivity index (χ3v) is 7.07. The van der Waals surface area contributed by atoms with E-state index in [-0.39, 0.29) is 48.0 Å². The van der Waals surface area contributed by atoms with Crippen molar-refractivity contribution in [3.63, 3.8) is 0 Å². The van der Waals surface area contributed by atoms with E-state index < -0.39 is 18.4 Å². The van der Waals surface area contributed by atoms with E-state index in [0.29, 0.717) is 34.8 Å². The lowest BCUT2D eigenvalue weighted by molar-refractivity contribution is -0.140. The number of aromatic nitrogens is 5. The zero-order valence-electron chi connectivity index (χ0n) is 22.7. The van der Waals surface area contributed by atoms with Crippen LogP contribution in [0.2, 0.25) is 0 Å². The lowest BCUT2D eigenvalue weighted by Gasteiger charge is -2.32. The van der Waals surface area contributed by atoms with Crippen LogP contribution in [-0.4, -0.2) is 57.0 Å². The molecular formula is C27H29F5N8O. The Morgan fingerprint density at radius 2 is 1.90 bits per heavy atom. The van der Waals surface area contributed by atoms with Crippen LogP contribution in [0.25, 0.3) is 17.1 Å². The molecule has 2 fully saturated rings. The second kappa shape index (κ2) is 11.1. The van der Waals surface area contributed by atoms with Crippen LogP contribution < -0.4 is 15.4 Å². The first kappa shape index (κ1) is 28.4. The largest absolute Gasteiger partial charge is 0.480 e. The van der Waals surface area contributed by atoms with Crippen LogP contribution in [0.4, 0.5) is 27.8 Å². The molecule has 0 radical (unpaired) electrons. The second-order valence-electron chi connectivity index (χ2n) is 10.2. The Morgan fingerprint density at radius 3 is 2.49 bits per heavy atom. The highest BCUT2D eigenvalue weighted by Gasteiger charge is 2.36. The predicted octanol–water partition coefficient (Wildman–Crippen LogP) is 5.46. The van der Waals surface area contributed by atoms with Crippen LogP contribution in [0.5, 0.6) is 5.88 Å². The van der Waals surface area contributed by atoms with E-state index in [2.05, 4.69) is 24.9 Å². The fourth-order valence-electron chi connectivity index (χ4n) is 4.90. The number of pyridine rings is 1. The summed E-state index contributed by atoms with van der Waals surface area (Å²) in [6, 6.07) is 3.03. The molecule has 2 N–H and O–H groups in total. The van der Waals surface area contributed by atoms with Crippen molar-refractivity contribution >= 4 is 17.2 Å². The van der Waals surface area contributed by atoms with E-state index in [0.717, 1.165) is 19.0 Å². The average Bonchev–Trinajstić information content (AvgIpc) is 3.68. The van der Waals surface area contributed by atoms with Gasteiger partial charge >= 0.3 is 12.7 Å². The highest BCUT2D eigenvalue weighted by atomic mass is 19.4. The quantitative estimate of drug-likeness (QED) is 0.294. The summed E-state index contributed by atoms with van der Waals surface area (Å²) >= 11 is 0. The van der Waals surface area contributed by atoms with Crippen molar-refractivity contribution in [1.29, 1.82) is 0 Å². The smallest absolute Gasteiger partial charge is 0.434 e. The minimum atomic E-state index is -4.58. The van der Waals surface area contributed by atoms with Crippen molar-refractivity contribution in [3.8, 4) is 17.3 Å². The molecule has 1 aliphatic heterocycles. The van der Waals surface area contributed by atoms with Crippen LogP contribution in [0.1, 0.15) is 62.0 Å². The summed E-state index contributed by atoms with van der Waals surface area (Å²) in [5.74, 6) is 1.07. The average molecular weight is 577 g/mol. The van der Waals surface area contributed by atoms with Gasteiger partial charge in [0.1, 0.15) is 18.0 Å². The molecule has 3 aromatic heterocycles. The Labute approximate surface area is 233 Å². The summed E-state index contributed by atoms with van der Waals surface area (Å²) in [5, 5.41) is 0. The van der Waals surface area contributed by atoms with Crippen LogP contribution in [0.15, 0.2) is 41.4 Å². The van der Waals surface area contributed by atoms with Gasteiger partial charge in [0.05, 0.1) is 24.1 Å². The third kappa shape index (κ3) is 5.86. The molecule has 14 heteroatoms. The Hall–Kier alpha value is -4.10. The summed E-state index contributed by atoms with van der Waals surface area (Å²) < 4.78 is 73.7. The molecule has 4 heterocycles. The van der Waals surface area contributed by atoms with Gasteiger partial charge < -0.3 is 19.9 Å². The van der Waals surface area contributed by atoms with E-state index >= 15 is 0 Å². The normalized spacial score (nSPS) is 18.5. The Bertz CT molecular complexity index is 1480. The molecule has 0 unspecified atom stereocenters. The van der Waals surface area contributed by atoms with Gasteiger partial charge in [-0.3, -0.25) is 0 Å². The highest BCUT2D eigenvalue weighted by Crippen LogP contribution is 2.44. The molecule has 0 amide bonds. The van der Waals surface area contributed by atoms with Gasteiger partial charge in [0.25, 0.3) is 0 Å². The van der Waals surface area contributed by atoms with Crippen molar-refractivity contribution in [2.75, 3.05) is 25.1 Å². The Balaban J connectivity index is 1.50. The summed E-state index contributed by atoms with van der Waals surface area (Å²) in [6.45, 7) is 1.05. The number of rotatable bonds is 7. The summed E-state index contributed by atoms with van der Waals surface area (Å²) in [7, 11) is 1.45. The molecule has 0 bridgehead atoms. The number of ether oxygens (including phenoxy) is 1. The summed E-state index contributed by atoms with van der Waals surface area (Å²) in [5.41, 5.74) is 8.03. The number of imidazole rings is 1. The van der Waals surface area contributed by atoms with Crippen molar-refractivity contribution in [2.24, 2.45) is 10.7 Å². The van der Waals surface area contributed by atoms with Crippen molar-refractivity contribution in [3.05, 3.63) is 53.4 Å². The minimum absolute atomic E-state index is 0.116. The van der Waals surface area contributed by atoms with Crippen molar-refractivity contribution < 1.29 is 26.7 Å². The molecule has 0 atom stereocenters. The van der Waals surface area contributed by atoms with Gasteiger partial charge in [-0.25, -0.2) is 24.9 Å². The topological polar surface area (TPSA) is 107 Å². The van der Waals surface area contributed by atoms with E-state index in [1.54, 1.807) is 26.0 Å². The molecule has 1 saturated carbocycles. The van der Waals surface area contributed by atoms with Gasteiger partial charge in [0.15, 0.2) is 5.69 Å². The SMILES string of the molecule is COc1ncnc(C2CC2)c1C(N)=C1CN(c2ccc(-c3nc(C(F)(F)F)cn3C(C)C)cn2)CCC1=NC(F)F. The summed E-state index contributed by atoms with van der Waals surface area (Å²) in [4.78, 5) is 22.3. The molecule has 3 aromatic rings. The molecule has 218 valence electrons. The maximum atomic E-state index is 13.4. The minimum Gasteiger partial charge on any atom is -0.480 e. The zero-order valence-corrected chi connectivity index (χ0v) is 22.7. The first-order chi connectivity index (χ1) is 19.5.